The number of carbonyl (C=O) groups excluding carboxylic acids is 1. The van der Waals surface area contributed by atoms with Crippen LogP contribution >= 0.6 is 11.3 Å². The van der Waals surface area contributed by atoms with Crippen LogP contribution in [0.4, 0.5) is 13.6 Å². The number of carbonyl (C=O) groups is 1. The van der Waals surface area contributed by atoms with E-state index in [1.807, 2.05) is 6.92 Å². The molecule has 0 saturated heterocycles. The van der Waals surface area contributed by atoms with Crippen molar-refractivity contribution < 1.29 is 18.3 Å². The zero-order valence-electron chi connectivity index (χ0n) is 18.6. The lowest BCUT2D eigenvalue weighted by Gasteiger charge is -2.18. The second-order valence-corrected chi connectivity index (χ2v) is 10.7. The van der Waals surface area contributed by atoms with Gasteiger partial charge in [0.15, 0.2) is 0 Å². The Labute approximate surface area is 186 Å². The number of ether oxygens (including phenoxy) is 1. The topological polar surface area (TPSA) is 94.7 Å². The molecule has 174 valence electrons. The van der Waals surface area contributed by atoms with Gasteiger partial charge in [-0.2, -0.15) is 5.10 Å². The van der Waals surface area contributed by atoms with Crippen molar-refractivity contribution in [1.82, 2.24) is 14.6 Å². The molecule has 4 rings (SSSR count). The number of alkyl halides is 2. The Morgan fingerprint density at radius 3 is 2.53 bits per heavy atom. The van der Waals surface area contributed by atoms with Crippen molar-refractivity contribution in [2.45, 2.75) is 71.6 Å². The highest BCUT2D eigenvalue weighted by Crippen LogP contribution is 2.49. The van der Waals surface area contributed by atoms with Gasteiger partial charge in [0, 0.05) is 24.9 Å². The largest absolute Gasteiger partial charge is 0.443 e. The fourth-order valence-electron chi connectivity index (χ4n) is 3.75. The Balaban J connectivity index is 1.74. The number of aryl methyl sites for hydroxylation is 1. The lowest BCUT2D eigenvalue weighted by atomic mass is 10.2. The molecule has 0 bridgehead atoms. The smallest absolute Gasteiger partial charge is 0.428 e. The number of hydrogen-bond donors (Lipinski definition) is 1. The van der Waals surface area contributed by atoms with E-state index in [1.54, 1.807) is 27.7 Å². The monoisotopic (exact) mass is 468 g/mol. The van der Waals surface area contributed by atoms with E-state index in [1.165, 1.54) is 15.3 Å². The van der Waals surface area contributed by atoms with E-state index in [4.69, 9.17) is 4.74 Å². The molecule has 32 heavy (non-hydrogen) atoms. The Hall–Kier alpha value is -2.56. The van der Waals surface area contributed by atoms with E-state index >= 15 is 0 Å². The second-order valence-electron chi connectivity index (χ2n) is 9.65. The zero-order valence-corrected chi connectivity index (χ0v) is 19.4. The van der Waals surface area contributed by atoms with Gasteiger partial charge in [0.1, 0.15) is 10.4 Å². The molecule has 2 aliphatic carbocycles. The third-order valence-corrected chi connectivity index (χ3v) is 7.02. The summed E-state index contributed by atoms with van der Waals surface area (Å²) in [4.78, 5) is 39.0. The predicted molar refractivity (Wildman–Crippen MR) is 118 cm³/mol. The van der Waals surface area contributed by atoms with Crippen molar-refractivity contribution in [3.05, 3.63) is 31.3 Å². The molecule has 1 unspecified atom stereocenters. The molecule has 0 radical (unpaired) electrons. The summed E-state index contributed by atoms with van der Waals surface area (Å²) < 4.78 is 34.9. The number of fused-ring (bicyclic) bond motifs is 1. The van der Waals surface area contributed by atoms with Gasteiger partial charge in [-0.25, -0.2) is 23.8 Å². The zero-order chi connectivity index (χ0) is 23.6. The number of nitrogens with one attached hydrogen (secondary N) is 1. The second kappa shape index (κ2) is 7.50. The summed E-state index contributed by atoms with van der Waals surface area (Å²) in [5, 5.41) is 4.22. The first-order valence-corrected chi connectivity index (χ1v) is 11.3. The van der Waals surface area contributed by atoms with E-state index in [-0.39, 0.29) is 24.9 Å². The molecular formula is C21H26F2N4O4S. The molecule has 1 amide bonds. The summed E-state index contributed by atoms with van der Waals surface area (Å²) in [5.41, 5.74) is 1.21. The predicted octanol–water partition coefficient (Wildman–Crippen LogP) is 3.63. The molecule has 0 aromatic carbocycles. The van der Waals surface area contributed by atoms with Crippen molar-refractivity contribution in [2.75, 3.05) is 0 Å². The van der Waals surface area contributed by atoms with Crippen LogP contribution in [-0.2, 0) is 11.3 Å². The van der Waals surface area contributed by atoms with Crippen molar-refractivity contribution in [2.24, 2.45) is 16.9 Å². The van der Waals surface area contributed by atoms with Gasteiger partial charge in [0.25, 0.3) is 11.5 Å². The van der Waals surface area contributed by atoms with Gasteiger partial charge in [0.05, 0.1) is 16.5 Å². The SMILES string of the molecule is Cc1c(/C=N/NC(=O)OC(C)(C)C)sc2c1c(=O)n([C@H]1C[C@@H]1C)c(=O)n2CC1CC1(F)F. The minimum absolute atomic E-state index is 0.142. The van der Waals surface area contributed by atoms with Gasteiger partial charge >= 0.3 is 11.8 Å². The number of aromatic nitrogens is 2. The summed E-state index contributed by atoms with van der Waals surface area (Å²) in [6.07, 6.45) is 1.08. The average Bonchev–Trinajstić information content (AvgIpc) is 3.47. The number of hydrogen-bond acceptors (Lipinski definition) is 6. The Kier molecular flexibility index (Phi) is 5.30. The first kappa shape index (κ1) is 22.6. The fraction of sp³-hybridized carbons (Fsp3) is 0.619. The van der Waals surface area contributed by atoms with E-state index in [9.17, 15) is 23.2 Å². The number of amides is 1. The molecule has 2 aliphatic rings. The maximum Gasteiger partial charge on any atom is 0.428 e. The Bertz CT molecular complexity index is 1240. The first-order valence-electron chi connectivity index (χ1n) is 10.5. The molecule has 2 heterocycles. The van der Waals surface area contributed by atoms with E-state index in [2.05, 4.69) is 10.5 Å². The van der Waals surface area contributed by atoms with Crippen LogP contribution in [0.1, 0.15) is 57.0 Å². The summed E-state index contributed by atoms with van der Waals surface area (Å²) >= 11 is 1.12. The standard InChI is InChI=1S/C21H26F2N4O4S/c1-10-6-13(10)27-16(28)15-11(2)14(8-24-25-18(29)31-20(3,4)5)32-17(15)26(19(27)30)9-12-7-21(12,22)23/h8,10,12-13H,6-7,9H2,1-5H3,(H,25,29)/b24-8+/t10-,12?,13-/m0/s1. The number of nitrogens with zero attached hydrogens (tertiary/aromatic N) is 3. The Morgan fingerprint density at radius 2 is 2.00 bits per heavy atom. The van der Waals surface area contributed by atoms with Crippen LogP contribution in [0.15, 0.2) is 14.7 Å². The highest BCUT2D eigenvalue weighted by Gasteiger charge is 2.57. The number of hydrazone groups is 1. The summed E-state index contributed by atoms with van der Waals surface area (Å²) in [6.45, 7) is 8.69. The molecule has 0 aliphatic heterocycles. The summed E-state index contributed by atoms with van der Waals surface area (Å²) in [6, 6.07) is -0.212. The number of thiophene rings is 1. The van der Waals surface area contributed by atoms with E-state index in [0.29, 0.717) is 27.1 Å². The molecule has 1 N–H and O–H groups in total. The van der Waals surface area contributed by atoms with Crippen molar-refractivity contribution in [3.63, 3.8) is 0 Å². The van der Waals surface area contributed by atoms with E-state index in [0.717, 1.165) is 11.3 Å². The molecule has 3 atom stereocenters. The molecule has 2 saturated carbocycles. The molecular weight excluding hydrogens is 442 g/mol. The van der Waals surface area contributed by atoms with Crippen molar-refractivity contribution in [3.8, 4) is 0 Å². The van der Waals surface area contributed by atoms with Gasteiger partial charge in [-0.05, 0) is 45.6 Å². The molecule has 2 aromatic heterocycles. The molecule has 8 nitrogen and oxygen atoms in total. The van der Waals surface area contributed by atoms with Crippen LogP contribution in [0.3, 0.4) is 0 Å². The molecule has 2 fully saturated rings. The van der Waals surface area contributed by atoms with E-state index < -0.39 is 34.8 Å². The molecule has 11 heteroatoms. The fourth-order valence-corrected chi connectivity index (χ4v) is 4.93. The summed E-state index contributed by atoms with van der Waals surface area (Å²) in [7, 11) is 0. The van der Waals surface area contributed by atoms with Crippen LogP contribution < -0.4 is 16.7 Å². The van der Waals surface area contributed by atoms with Crippen molar-refractivity contribution in [1.29, 1.82) is 0 Å². The lowest BCUT2D eigenvalue weighted by molar-refractivity contribution is 0.0529. The minimum Gasteiger partial charge on any atom is -0.443 e. The van der Waals surface area contributed by atoms with Gasteiger partial charge in [-0.3, -0.25) is 13.9 Å². The third-order valence-electron chi connectivity index (χ3n) is 5.77. The number of halogens is 2. The Morgan fingerprint density at radius 1 is 1.38 bits per heavy atom. The van der Waals surface area contributed by atoms with Crippen LogP contribution in [-0.4, -0.2) is 33.0 Å². The van der Waals surface area contributed by atoms with Gasteiger partial charge in [-0.1, -0.05) is 6.92 Å². The quantitative estimate of drug-likeness (QED) is 0.536. The number of rotatable bonds is 5. The van der Waals surface area contributed by atoms with Gasteiger partial charge in [0.2, 0.25) is 0 Å². The highest BCUT2D eigenvalue weighted by molar-refractivity contribution is 7.20. The lowest BCUT2D eigenvalue weighted by Crippen LogP contribution is -2.40. The molecule has 2 aromatic rings. The normalized spacial score (nSPS) is 24.2. The average molecular weight is 469 g/mol. The van der Waals surface area contributed by atoms with Crippen LogP contribution in [0.25, 0.3) is 10.2 Å². The minimum atomic E-state index is -2.78. The maximum absolute atomic E-state index is 13.6. The van der Waals surface area contributed by atoms with Crippen molar-refractivity contribution >= 4 is 33.9 Å². The van der Waals surface area contributed by atoms with Crippen LogP contribution in [0.2, 0.25) is 0 Å². The first-order chi connectivity index (χ1) is 14.8. The summed E-state index contributed by atoms with van der Waals surface area (Å²) in [5.74, 6) is -3.51. The highest BCUT2D eigenvalue weighted by atomic mass is 32.1. The van der Waals surface area contributed by atoms with Gasteiger partial charge < -0.3 is 4.74 Å². The van der Waals surface area contributed by atoms with Crippen LogP contribution in [0.5, 0.6) is 0 Å². The third kappa shape index (κ3) is 4.22. The van der Waals surface area contributed by atoms with Gasteiger partial charge in [-0.15, -0.1) is 11.3 Å². The maximum atomic E-state index is 13.6. The van der Waals surface area contributed by atoms with Crippen LogP contribution in [0, 0.1) is 18.8 Å². The molecule has 0 spiro atoms.